The smallest absolute Gasteiger partial charge is 0.145 e. The van der Waals surface area contributed by atoms with E-state index in [4.69, 9.17) is 0 Å². The molecule has 0 aliphatic heterocycles. The summed E-state index contributed by atoms with van der Waals surface area (Å²) in [6.45, 7) is 8.18. The second-order valence-electron chi connectivity index (χ2n) is 7.10. The van der Waals surface area contributed by atoms with E-state index in [2.05, 4.69) is 20.8 Å². The molecular weight excluding hydrogens is 228 g/mol. The number of hydrogen-bond acceptors (Lipinski definition) is 3. The Hall–Kier alpha value is -0.670. The third-order valence-corrected chi connectivity index (χ3v) is 4.98. The summed E-state index contributed by atoms with van der Waals surface area (Å²) >= 11 is 0. The molecule has 0 bridgehead atoms. The Morgan fingerprint density at radius 1 is 1.22 bits per heavy atom. The highest BCUT2D eigenvalue weighted by molar-refractivity contribution is 5.75. The number of rotatable bonds is 2. The van der Waals surface area contributed by atoms with Crippen molar-refractivity contribution in [1.82, 2.24) is 0 Å². The van der Waals surface area contributed by atoms with Crippen LogP contribution in [0.25, 0.3) is 0 Å². The van der Waals surface area contributed by atoms with Crippen molar-refractivity contribution in [3.8, 4) is 0 Å². The highest BCUT2D eigenvalue weighted by atomic mass is 16.3. The van der Waals surface area contributed by atoms with E-state index in [1.165, 1.54) is 0 Å². The van der Waals surface area contributed by atoms with Crippen molar-refractivity contribution in [1.29, 1.82) is 0 Å². The molecule has 2 aliphatic carbocycles. The minimum absolute atomic E-state index is 0.147. The Morgan fingerprint density at radius 2 is 1.83 bits per heavy atom. The fourth-order valence-corrected chi connectivity index (χ4v) is 4.16. The Labute approximate surface area is 109 Å². The van der Waals surface area contributed by atoms with Gasteiger partial charge < -0.3 is 10.2 Å². The average Bonchev–Trinajstić information content (AvgIpc) is 2.51. The number of carbonyl (C=O) groups is 1. The topological polar surface area (TPSA) is 57.5 Å². The van der Waals surface area contributed by atoms with Crippen LogP contribution in [0.1, 0.15) is 47.0 Å². The van der Waals surface area contributed by atoms with E-state index in [1.807, 2.05) is 0 Å². The van der Waals surface area contributed by atoms with Gasteiger partial charge in [-0.05, 0) is 54.1 Å². The Balaban J connectivity index is 2.31. The maximum atomic E-state index is 11.0. The van der Waals surface area contributed by atoms with E-state index in [0.29, 0.717) is 12.0 Å². The van der Waals surface area contributed by atoms with E-state index < -0.39 is 6.10 Å². The van der Waals surface area contributed by atoms with E-state index >= 15 is 0 Å². The number of carbonyl (C=O) groups excluding carboxylic acids is 1. The lowest BCUT2D eigenvalue weighted by Crippen LogP contribution is -2.50. The molecule has 0 saturated heterocycles. The van der Waals surface area contributed by atoms with E-state index in [1.54, 1.807) is 6.92 Å². The quantitative estimate of drug-likeness (QED) is 0.584. The van der Waals surface area contributed by atoms with Gasteiger partial charge in [-0.15, -0.1) is 0 Å². The lowest BCUT2D eigenvalue weighted by molar-refractivity contribution is -0.105. The largest absolute Gasteiger partial charge is 0.393 e. The fraction of sp³-hybridized carbons (Fsp3) is 0.800. The molecule has 2 N–H and O–H groups in total. The molecule has 2 aliphatic rings. The third kappa shape index (κ3) is 1.94. The van der Waals surface area contributed by atoms with Crippen molar-refractivity contribution >= 4 is 6.29 Å². The van der Waals surface area contributed by atoms with Gasteiger partial charge in [-0.1, -0.05) is 20.8 Å². The predicted molar refractivity (Wildman–Crippen MR) is 70.0 cm³/mol. The van der Waals surface area contributed by atoms with Crippen LogP contribution in [-0.2, 0) is 4.79 Å². The standard InChI is InChI=1S/C15H24O3/c1-9(8-16)13-12(18)7-15(13,4)10-5-14(2,3)6-11(10)17/h8,10-12,17-18H,5-7H2,1-4H3. The van der Waals surface area contributed by atoms with Crippen LogP contribution >= 0.6 is 0 Å². The molecule has 3 heteroatoms. The Bertz CT molecular complexity index is 397. The highest BCUT2D eigenvalue weighted by Gasteiger charge is 2.56. The first kappa shape index (κ1) is 13.8. The molecule has 4 unspecified atom stereocenters. The van der Waals surface area contributed by atoms with Crippen molar-refractivity contribution in [3.63, 3.8) is 0 Å². The lowest BCUT2D eigenvalue weighted by Gasteiger charge is -2.51. The van der Waals surface area contributed by atoms with Gasteiger partial charge in [-0.25, -0.2) is 0 Å². The average molecular weight is 252 g/mol. The van der Waals surface area contributed by atoms with Crippen molar-refractivity contribution in [3.05, 3.63) is 11.1 Å². The van der Waals surface area contributed by atoms with Crippen LogP contribution in [0.3, 0.4) is 0 Å². The van der Waals surface area contributed by atoms with Crippen LogP contribution in [0, 0.1) is 16.7 Å². The maximum absolute atomic E-state index is 11.0. The van der Waals surface area contributed by atoms with Crippen LogP contribution in [0.2, 0.25) is 0 Å². The van der Waals surface area contributed by atoms with Crippen LogP contribution in [-0.4, -0.2) is 28.7 Å². The van der Waals surface area contributed by atoms with Gasteiger partial charge in [0.2, 0.25) is 0 Å². The molecule has 3 nitrogen and oxygen atoms in total. The molecule has 2 fully saturated rings. The number of aldehydes is 1. The summed E-state index contributed by atoms with van der Waals surface area (Å²) in [4.78, 5) is 11.0. The molecule has 0 radical (unpaired) electrons. The minimum atomic E-state index is -0.504. The van der Waals surface area contributed by atoms with Crippen molar-refractivity contribution in [2.24, 2.45) is 16.7 Å². The summed E-state index contributed by atoms with van der Waals surface area (Å²) in [7, 11) is 0. The lowest BCUT2D eigenvalue weighted by atomic mass is 9.55. The highest BCUT2D eigenvalue weighted by Crippen LogP contribution is 2.59. The first-order chi connectivity index (χ1) is 8.21. The summed E-state index contributed by atoms with van der Waals surface area (Å²) in [6, 6.07) is 0. The Morgan fingerprint density at radius 3 is 2.22 bits per heavy atom. The van der Waals surface area contributed by atoms with Gasteiger partial charge in [-0.3, -0.25) is 4.79 Å². The zero-order valence-corrected chi connectivity index (χ0v) is 11.7. The molecule has 0 aromatic rings. The van der Waals surface area contributed by atoms with Gasteiger partial charge in [-0.2, -0.15) is 0 Å². The second kappa shape index (κ2) is 4.17. The first-order valence-electron chi connectivity index (χ1n) is 6.74. The molecule has 4 atom stereocenters. The van der Waals surface area contributed by atoms with Gasteiger partial charge in [0.1, 0.15) is 6.29 Å². The molecule has 0 aromatic heterocycles. The van der Waals surface area contributed by atoms with Crippen LogP contribution in [0.5, 0.6) is 0 Å². The van der Waals surface area contributed by atoms with Crippen LogP contribution in [0.15, 0.2) is 11.1 Å². The zero-order valence-electron chi connectivity index (χ0n) is 11.7. The van der Waals surface area contributed by atoms with Crippen LogP contribution < -0.4 is 0 Å². The van der Waals surface area contributed by atoms with Crippen LogP contribution in [0.4, 0.5) is 0 Å². The van der Waals surface area contributed by atoms with E-state index in [9.17, 15) is 15.0 Å². The van der Waals surface area contributed by atoms with Gasteiger partial charge in [0.05, 0.1) is 12.2 Å². The number of aliphatic hydroxyl groups excluding tert-OH is 2. The molecule has 2 saturated carbocycles. The van der Waals surface area contributed by atoms with Gasteiger partial charge >= 0.3 is 0 Å². The minimum Gasteiger partial charge on any atom is -0.393 e. The normalized spacial score (nSPS) is 45.6. The second-order valence-corrected chi connectivity index (χ2v) is 7.10. The molecule has 0 aromatic carbocycles. The van der Waals surface area contributed by atoms with Gasteiger partial charge in [0.15, 0.2) is 0 Å². The summed E-state index contributed by atoms with van der Waals surface area (Å²) in [5, 5.41) is 20.2. The molecule has 0 amide bonds. The summed E-state index contributed by atoms with van der Waals surface area (Å²) in [6.07, 6.45) is 2.40. The molecular formula is C15H24O3. The zero-order chi connectivity index (χ0) is 13.7. The molecule has 0 spiro atoms. The van der Waals surface area contributed by atoms with E-state index in [0.717, 1.165) is 24.7 Å². The maximum Gasteiger partial charge on any atom is 0.145 e. The number of aliphatic hydroxyl groups is 2. The SMILES string of the molecule is CC(C=O)=C1C(O)CC1(C)C1CC(C)(C)CC1O. The Kier molecular flexibility index (Phi) is 3.19. The van der Waals surface area contributed by atoms with Crippen molar-refractivity contribution < 1.29 is 15.0 Å². The summed E-state index contributed by atoms with van der Waals surface area (Å²) in [5.41, 5.74) is 1.42. The summed E-state index contributed by atoms with van der Waals surface area (Å²) < 4.78 is 0. The van der Waals surface area contributed by atoms with Crippen molar-refractivity contribution in [2.45, 2.75) is 59.2 Å². The van der Waals surface area contributed by atoms with E-state index in [-0.39, 0.29) is 22.9 Å². The molecule has 2 rings (SSSR count). The first-order valence-corrected chi connectivity index (χ1v) is 6.74. The summed E-state index contributed by atoms with van der Waals surface area (Å²) in [5.74, 6) is 0.154. The molecule has 0 heterocycles. The molecule has 102 valence electrons. The monoisotopic (exact) mass is 252 g/mol. The number of hydrogen-bond donors (Lipinski definition) is 2. The van der Waals surface area contributed by atoms with Gasteiger partial charge in [0, 0.05) is 0 Å². The predicted octanol–water partition coefficient (Wildman–Crippen LogP) is 2.07. The molecule has 18 heavy (non-hydrogen) atoms. The van der Waals surface area contributed by atoms with Gasteiger partial charge in [0.25, 0.3) is 0 Å². The number of allylic oxidation sites excluding steroid dienone is 1. The van der Waals surface area contributed by atoms with Crippen molar-refractivity contribution in [2.75, 3.05) is 0 Å². The fourth-order valence-electron chi connectivity index (χ4n) is 4.16. The third-order valence-electron chi connectivity index (χ3n) is 4.98.